The highest BCUT2D eigenvalue weighted by Crippen LogP contribution is 2.23. The van der Waals surface area contributed by atoms with Crippen LogP contribution >= 0.6 is 0 Å². The molecule has 0 aliphatic heterocycles. The average molecular weight is 189 g/mol. The molecule has 2 rings (SSSR count). The zero-order valence-corrected chi connectivity index (χ0v) is 8.24. The lowest BCUT2D eigenvalue weighted by atomic mass is 10.1. The van der Waals surface area contributed by atoms with Gasteiger partial charge in [0.15, 0.2) is 5.82 Å². The van der Waals surface area contributed by atoms with Gasteiger partial charge in [0, 0.05) is 6.20 Å². The standard InChI is InChI=1S/C11H15N3/c12-10-7-8-13-11(14-10)9-5-3-1-2-4-6-9/h5,7-8H,1-4,6H2,(H2,12,13,14). The highest BCUT2D eigenvalue weighted by molar-refractivity contribution is 5.60. The molecule has 0 amide bonds. The maximum atomic E-state index is 5.63. The number of aromatic nitrogens is 2. The fraction of sp³-hybridized carbons (Fsp3) is 0.455. The zero-order valence-electron chi connectivity index (χ0n) is 8.24. The van der Waals surface area contributed by atoms with Crippen molar-refractivity contribution < 1.29 is 0 Å². The van der Waals surface area contributed by atoms with Crippen LogP contribution in [0.1, 0.15) is 37.9 Å². The lowest BCUT2D eigenvalue weighted by molar-refractivity contribution is 0.719. The molecule has 0 saturated heterocycles. The molecule has 1 aromatic heterocycles. The summed E-state index contributed by atoms with van der Waals surface area (Å²) < 4.78 is 0. The fourth-order valence-electron chi connectivity index (χ4n) is 1.75. The molecule has 0 spiro atoms. The van der Waals surface area contributed by atoms with Gasteiger partial charge in [0.05, 0.1) is 0 Å². The molecule has 1 aliphatic rings. The van der Waals surface area contributed by atoms with Crippen molar-refractivity contribution in [2.24, 2.45) is 0 Å². The molecule has 14 heavy (non-hydrogen) atoms. The van der Waals surface area contributed by atoms with Crippen molar-refractivity contribution in [1.29, 1.82) is 0 Å². The van der Waals surface area contributed by atoms with E-state index < -0.39 is 0 Å². The average Bonchev–Trinajstić information content (AvgIpc) is 2.45. The van der Waals surface area contributed by atoms with E-state index in [2.05, 4.69) is 16.0 Å². The minimum absolute atomic E-state index is 0.556. The molecule has 0 atom stereocenters. The summed E-state index contributed by atoms with van der Waals surface area (Å²) in [5.74, 6) is 1.37. The lowest BCUT2D eigenvalue weighted by Crippen LogP contribution is -1.97. The quantitative estimate of drug-likeness (QED) is 0.738. The molecule has 0 fully saturated rings. The summed E-state index contributed by atoms with van der Waals surface area (Å²) >= 11 is 0. The fourth-order valence-corrected chi connectivity index (χ4v) is 1.75. The number of nitrogens with two attached hydrogens (primary N) is 1. The molecule has 0 saturated carbocycles. The van der Waals surface area contributed by atoms with E-state index in [1.54, 1.807) is 12.3 Å². The normalized spacial score (nSPS) is 17.3. The highest BCUT2D eigenvalue weighted by atomic mass is 14.9. The predicted molar refractivity (Wildman–Crippen MR) is 57.5 cm³/mol. The Balaban J connectivity index is 2.24. The van der Waals surface area contributed by atoms with Crippen LogP contribution in [0.5, 0.6) is 0 Å². The number of anilines is 1. The van der Waals surface area contributed by atoms with Crippen LogP contribution in [0.3, 0.4) is 0 Å². The van der Waals surface area contributed by atoms with Crippen molar-refractivity contribution in [1.82, 2.24) is 9.97 Å². The van der Waals surface area contributed by atoms with Crippen LogP contribution < -0.4 is 5.73 Å². The van der Waals surface area contributed by atoms with E-state index in [1.807, 2.05) is 0 Å². The molecule has 74 valence electrons. The van der Waals surface area contributed by atoms with E-state index in [1.165, 1.54) is 24.8 Å². The molecule has 2 N–H and O–H groups in total. The van der Waals surface area contributed by atoms with Crippen molar-refractivity contribution in [2.75, 3.05) is 5.73 Å². The second-order valence-electron chi connectivity index (χ2n) is 3.63. The molecule has 1 heterocycles. The Labute approximate surface area is 84.1 Å². The Morgan fingerprint density at radius 1 is 1.21 bits per heavy atom. The third-order valence-corrected chi connectivity index (χ3v) is 2.51. The minimum Gasteiger partial charge on any atom is -0.384 e. The second-order valence-corrected chi connectivity index (χ2v) is 3.63. The van der Waals surface area contributed by atoms with Crippen molar-refractivity contribution in [3.63, 3.8) is 0 Å². The maximum Gasteiger partial charge on any atom is 0.157 e. The largest absolute Gasteiger partial charge is 0.384 e. The van der Waals surface area contributed by atoms with Crippen LogP contribution in [0.25, 0.3) is 5.57 Å². The number of rotatable bonds is 1. The summed E-state index contributed by atoms with van der Waals surface area (Å²) in [5, 5.41) is 0. The van der Waals surface area contributed by atoms with E-state index in [-0.39, 0.29) is 0 Å². The van der Waals surface area contributed by atoms with Gasteiger partial charge in [0.2, 0.25) is 0 Å². The van der Waals surface area contributed by atoms with Crippen LogP contribution in [0.2, 0.25) is 0 Å². The Morgan fingerprint density at radius 2 is 2.14 bits per heavy atom. The molecule has 3 heteroatoms. The third-order valence-electron chi connectivity index (χ3n) is 2.51. The molecule has 1 aromatic rings. The van der Waals surface area contributed by atoms with Gasteiger partial charge in [-0.3, -0.25) is 0 Å². The molecular formula is C11H15N3. The number of allylic oxidation sites excluding steroid dienone is 2. The van der Waals surface area contributed by atoms with Gasteiger partial charge in [0.1, 0.15) is 5.82 Å². The molecule has 0 unspecified atom stereocenters. The van der Waals surface area contributed by atoms with Crippen LogP contribution in [-0.2, 0) is 0 Å². The van der Waals surface area contributed by atoms with Gasteiger partial charge in [-0.15, -0.1) is 0 Å². The lowest BCUT2D eigenvalue weighted by Gasteiger charge is -2.03. The van der Waals surface area contributed by atoms with Gasteiger partial charge in [-0.25, -0.2) is 9.97 Å². The molecule has 0 radical (unpaired) electrons. The Morgan fingerprint density at radius 3 is 3.00 bits per heavy atom. The molecule has 0 aromatic carbocycles. The van der Waals surface area contributed by atoms with E-state index in [0.717, 1.165) is 18.7 Å². The number of hydrogen-bond acceptors (Lipinski definition) is 3. The first-order chi connectivity index (χ1) is 6.86. The first kappa shape index (κ1) is 9.19. The minimum atomic E-state index is 0.556. The van der Waals surface area contributed by atoms with Gasteiger partial charge in [0.25, 0.3) is 0 Å². The molecule has 3 nitrogen and oxygen atoms in total. The summed E-state index contributed by atoms with van der Waals surface area (Å²) in [6, 6.07) is 1.72. The van der Waals surface area contributed by atoms with Gasteiger partial charge in [-0.2, -0.15) is 0 Å². The summed E-state index contributed by atoms with van der Waals surface area (Å²) in [6.07, 6.45) is 10.0. The van der Waals surface area contributed by atoms with Crippen molar-refractivity contribution in [3.8, 4) is 0 Å². The van der Waals surface area contributed by atoms with Crippen LogP contribution in [0.4, 0.5) is 5.82 Å². The Kier molecular flexibility index (Phi) is 2.77. The Bertz CT molecular complexity index is 344. The summed E-state index contributed by atoms with van der Waals surface area (Å²) in [5.41, 5.74) is 6.89. The zero-order chi connectivity index (χ0) is 9.80. The van der Waals surface area contributed by atoms with E-state index >= 15 is 0 Å². The van der Waals surface area contributed by atoms with E-state index in [9.17, 15) is 0 Å². The Hall–Kier alpha value is -1.38. The summed E-state index contributed by atoms with van der Waals surface area (Å²) in [6.45, 7) is 0. The van der Waals surface area contributed by atoms with Gasteiger partial charge >= 0.3 is 0 Å². The number of nitrogen functional groups attached to an aromatic ring is 1. The monoisotopic (exact) mass is 189 g/mol. The van der Waals surface area contributed by atoms with Crippen molar-refractivity contribution in [2.45, 2.75) is 32.1 Å². The first-order valence-electron chi connectivity index (χ1n) is 5.14. The topological polar surface area (TPSA) is 51.8 Å². The first-order valence-corrected chi connectivity index (χ1v) is 5.14. The number of nitrogens with zero attached hydrogens (tertiary/aromatic N) is 2. The number of hydrogen-bond donors (Lipinski definition) is 1. The van der Waals surface area contributed by atoms with Gasteiger partial charge in [-0.05, 0) is 37.3 Å². The van der Waals surface area contributed by atoms with Crippen LogP contribution in [0, 0.1) is 0 Å². The third kappa shape index (κ3) is 2.10. The smallest absolute Gasteiger partial charge is 0.157 e. The van der Waals surface area contributed by atoms with E-state index in [0.29, 0.717) is 5.82 Å². The SMILES string of the molecule is Nc1ccnc(C2=CCCCCC2)n1. The van der Waals surface area contributed by atoms with E-state index in [4.69, 9.17) is 5.73 Å². The van der Waals surface area contributed by atoms with Crippen LogP contribution in [0.15, 0.2) is 18.3 Å². The predicted octanol–water partition coefficient (Wildman–Crippen LogP) is 2.41. The van der Waals surface area contributed by atoms with Gasteiger partial charge < -0.3 is 5.73 Å². The van der Waals surface area contributed by atoms with Crippen LogP contribution in [-0.4, -0.2) is 9.97 Å². The van der Waals surface area contributed by atoms with Gasteiger partial charge in [-0.1, -0.05) is 12.5 Å². The summed E-state index contributed by atoms with van der Waals surface area (Å²) in [7, 11) is 0. The second kappa shape index (κ2) is 4.22. The molecule has 0 bridgehead atoms. The maximum absolute atomic E-state index is 5.63. The van der Waals surface area contributed by atoms with Crippen molar-refractivity contribution in [3.05, 3.63) is 24.2 Å². The highest BCUT2D eigenvalue weighted by Gasteiger charge is 2.07. The molecule has 1 aliphatic carbocycles. The summed E-state index contributed by atoms with van der Waals surface area (Å²) in [4.78, 5) is 8.48. The molecular weight excluding hydrogens is 174 g/mol. The van der Waals surface area contributed by atoms with Crippen molar-refractivity contribution >= 4 is 11.4 Å².